The summed E-state index contributed by atoms with van der Waals surface area (Å²) in [6, 6.07) is 5.80. The Morgan fingerprint density at radius 3 is 2.56 bits per heavy atom. The molecule has 2 aromatic heterocycles. The predicted octanol–water partition coefficient (Wildman–Crippen LogP) is 2.89. The second kappa shape index (κ2) is 7.22. The third kappa shape index (κ3) is 4.24. The molecule has 2 heterocycles. The van der Waals surface area contributed by atoms with Gasteiger partial charge in [0.1, 0.15) is 29.3 Å². The van der Waals surface area contributed by atoms with Crippen molar-refractivity contribution in [1.29, 1.82) is 0 Å². The van der Waals surface area contributed by atoms with Crippen LogP contribution in [0.4, 0.5) is 14.6 Å². The van der Waals surface area contributed by atoms with Gasteiger partial charge in [-0.3, -0.25) is 0 Å². The number of pyridine rings is 1. The Kier molecular flexibility index (Phi) is 5.13. The molecule has 1 aromatic carbocycles. The van der Waals surface area contributed by atoms with Gasteiger partial charge < -0.3 is 10.3 Å². The molecule has 0 radical (unpaired) electrons. The maximum absolute atomic E-state index is 13.5. The molecule has 27 heavy (non-hydrogen) atoms. The molecule has 1 atom stereocenters. The van der Waals surface area contributed by atoms with Crippen LogP contribution in [0.5, 0.6) is 0 Å². The van der Waals surface area contributed by atoms with E-state index in [-0.39, 0.29) is 27.4 Å². The van der Waals surface area contributed by atoms with Gasteiger partial charge in [0.25, 0.3) is 10.0 Å². The first-order valence-corrected chi connectivity index (χ1v) is 9.50. The lowest BCUT2D eigenvalue weighted by atomic mass is 10.1. The van der Waals surface area contributed by atoms with Crippen molar-refractivity contribution < 1.29 is 17.2 Å². The molecule has 3 aromatic rings. The van der Waals surface area contributed by atoms with Crippen LogP contribution < -0.4 is 10.5 Å². The van der Waals surface area contributed by atoms with E-state index < -0.39 is 27.7 Å². The Balaban J connectivity index is 2.09. The zero-order chi connectivity index (χ0) is 19.8. The lowest BCUT2D eigenvalue weighted by Crippen LogP contribution is -2.16. The van der Waals surface area contributed by atoms with Gasteiger partial charge in [-0.25, -0.2) is 32.3 Å². The highest BCUT2D eigenvalue weighted by Gasteiger charge is 2.24. The number of imidazole rings is 1. The highest BCUT2D eigenvalue weighted by Crippen LogP contribution is 2.28. The van der Waals surface area contributed by atoms with Gasteiger partial charge in [0.2, 0.25) is 0 Å². The number of benzene rings is 1. The number of aryl methyl sites for hydroxylation is 1. The number of aromatic amines is 1. The van der Waals surface area contributed by atoms with Crippen molar-refractivity contribution in [3.63, 3.8) is 0 Å². The van der Waals surface area contributed by atoms with Crippen molar-refractivity contribution >= 4 is 27.4 Å². The van der Waals surface area contributed by atoms with Gasteiger partial charge in [0.15, 0.2) is 5.03 Å². The molecular formula is C16H14ClF2N5O2S. The summed E-state index contributed by atoms with van der Waals surface area (Å²) in [5, 5.41) is 7.72. The maximum Gasteiger partial charge on any atom is 0.257 e. The van der Waals surface area contributed by atoms with Crippen molar-refractivity contribution in [3.8, 4) is 0 Å². The quantitative estimate of drug-likeness (QED) is 0.595. The Hall–Kier alpha value is -2.56. The van der Waals surface area contributed by atoms with Crippen molar-refractivity contribution in [1.82, 2.24) is 15.0 Å². The van der Waals surface area contributed by atoms with E-state index >= 15 is 0 Å². The standard InChI is InChI=1S/C16H14ClF2N5O2S/c1-8-16(27(20,25)26)24-15(22-8)14(9-2-4-12(19)11(17)6-9)23-13-5-3-10(18)7-21-13/h2-7,14H,1H3,(H,21,23)(H,22,24)(H2,20,25,26). The van der Waals surface area contributed by atoms with Gasteiger partial charge in [-0.1, -0.05) is 17.7 Å². The van der Waals surface area contributed by atoms with Crippen LogP contribution in [-0.2, 0) is 10.0 Å². The van der Waals surface area contributed by atoms with Crippen LogP contribution in [0.25, 0.3) is 0 Å². The number of nitrogens with zero attached hydrogens (tertiary/aromatic N) is 2. The fourth-order valence-electron chi connectivity index (χ4n) is 2.49. The fourth-order valence-corrected chi connectivity index (χ4v) is 3.38. The van der Waals surface area contributed by atoms with E-state index in [0.717, 1.165) is 6.20 Å². The number of H-pyrrole nitrogens is 1. The number of aromatic nitrogens is 3. The van der Waals surface area contributed by atoms with Crippen LogP contribution in [0.15, 0.2) is 41.6 Å². The number of halogens is 3. The Bertz CT molecular complexity index is 1090. The van der Waals surface area contributed by atoms with Crippen molar-refractivity contribution in [3.05, 3.63) is 70.3 Å². The molecule has 0 saturated carbocycles. The summed E-state index contributed by atoms with van der Waals surface area (Å²) >= 11 is 5.86. The molecule has 0 aliphatic carbocycles. The summed E-state index contributed by atoms with van der Waals surface area (Å²) in [4.78, 5) is 10.8. The van der Waals surface area contributed by atoms with Gasteiger partial charge in [-0.2, -0.15) is 0 Å². The van der Waals surface area contributed by atoms with Gasteiger partial charge in [-0.15, -0.1) is 0 Å². The summed E-state index contributed by atoms with van der Waals surface area (Å²) in [7, 11) is -4.04. The van der Waals surface area contributed by atoms with Gasteiger partial charge in [-0.05, 0) is 36.8 Å². The summed E-state index contributed by atoms with van der Waals surface area (Å²) < 4.78 is 50.0. The van der Waals surface area contributed by atoms with Gasteiger partial charge in [0.05, 0.1) is 16.9 Å². The van der Waals surface area contributed by atoms with E-state index in [2.05, 4.69) is 20.3 Å². The molecule has 0 spiro atoms. The normalized spacial score (nSPS) is 12.8. The average molecular weight is 414 g/mol. The fraction of sp³-hybridized carbons (Fsp3) is 0.125. The Morgan fingerprint density at radius 2 is 2.00 bits per heavy atom. The number of hydrogen-bond acceptors (Lipinski definition) is 5. The number of primary sulfonamides is 1. The van der Waals surface area contributed by atoms with E-state index in [1.54, 1.807) is 0 Å². The van der Waals surface area contributed by atoms with E-state index in [1.807, 2.05) is 0 Å². The first-order chi connectivity index (χ1) is 12.6. The lowest BCUT2D eigenvalue weighted by molar-refractivity contribution is 0.593. The third-order valence-electron chi connectivity index (χ3n) is 3.70. The van der Waals surface area contributed by atoms with Crippen molar-refractivity contribution in [2.24, 2.45) is 5.14 Å². The zero-order valence-electron chi connectivity index (χ0n) is 13.9. The number of rotatable bonds is 5. The molecule has 142 valence electrons. The van der Waals surface area contributed by atoms with E-state index in [1.165, 1.54) is 37.3 Å². The molecule has 11 heteroatoms. The Labute approximate surface area is 158 Å². The minimum Gasteiger partial charge on any atom is -0.356 e. The topological polar surface area (TPSA) is 114 Å². The number of nitrogens with one attached hydrogen (secondary N) is 2. The van der Waals surface area contributed by atoms with E-state index in [0.29, 0.717) is 5.56 Å². The molecular weight excluding hydrogens is 400 g/mol. The molecule has 0 aliphatic rings. The molecule has 0 saturated heterocycles. The van der Waals surface area contributed by atoms with Crippen LogP contribution in [0.1, 0.15) is 23.1 Å². The monoisotopic (exact) mass is 413 g/mol. The molecule has 0 aliphatic heterocycles. The maximum atomic E-state index is 13.5. The smallest absolute Gasteiger partial charge is 0.257 e. The molecule has 7 nitrogen and oxygen atoms in total. The summed E-state index contributed by atoms with van der Waals surface area (Å²) in [6.07, 6.45) is 1.01. The van der Waals surface area contributed by atoms with Crippen LogP contribution in [0.3, 0.4) is 0 Å². The molecule has 1 unspecified atom stereocenters. The van der Waals surface area contributed by atoms with Crippen LogP contribution in [0, 0.1) is 18.6 Å². The second-order valence-corrected chi connectivity index (χ2v) is 7.59. The molecule has 0 amide bonds. The second-order valence-electron chi connectivity index (χ2n) is 5.71. The third-order valence-corrected chi connectivity index (χ3v) is 4.92. The van der Waals surface area contributed by atoms with Crippen LogP contribution >= 0.6 is 11.6 Å². The van der Waals surface area contributed by atoms with Crippen LogP contribution in [0.2, 0.25) is 5.02 Å². The number of hydrogen-bond donors (Lipinski definition) is 3. The molecule has 0 bridgehead atoms. The SMILES string of the molecule is Cc1[nH]c(C(Nc2ccc(F)cn2)c2ccc(F)c(Cl)c2)nc1S(N)(=O)=O. The van der Waals surface area contributed by atoms with Gasteiger partial charge in [0, 0.05) is 0 Å². The molecule has 0 fully saturated rings. The summed E-state index contributed by atoms with van der Waals surface area (Å²) in [5.41, 5.74) is 0.710. The van der Waals surface area contributed by atoms with Gasteiger partial charge >= 0.3 is 0 Å². The molecule has 3 rings (SSSR count). The lowest BCUT2D eigenvalue weighted by Gasteiger charge is -2.18. The van der Waals surface area contributed by atoms with Crippen molar-refractivity contribution in [2.75, 3.05) is 5.32 Å². The predicted molar refractivity (Wildman–Crippen MR) is 95.8 cm³/mol. The summed E-state index contributed by atoms with van der Waals surface area (Å²) in [6.45, 7) is 1.50. The number of sulfonamides is 1. The van der Waals surface area contributed by atoms with Crippen molar-refractivity contribution in [2.45, 2.75) is 18.0 Å². The average Bonchev–Trinajstić information content (AvgIpc) is 2.99. The summed E-state index contributed by atoms with van der Waals surface area (Å²) in [5.74, 6) is -0.661. The van der Waals surface area contributed by atoms with E-state index in [9.17, 15) is 17.2 Å². The highest BCUT2D eigenvalue weighted by atomic mass is 35.5. The largest absolute Gasteiger partial charge is 0.356 e. The number of nitrogens with two attached hydrogens (primary N) is 1. The zero-order valence-corrected chi connectivity index (χ0v) is 15.4. The first kappa shape index (κ1) is 19.2. The van der Waals surface area contributed by atoms with E-state index in [4.69, 9.17) is 16.7 Å². The van der Waals surface area contributed by atoms with Crippen LogP contribution in [-0.4, -0.2) is 23.4 Å². The highest BCUT2D eigenvalue weighted by molar-refractivity contribution is 7.89. The Morgan fingerprint density at radius 1 is 1.26 bits per heavy atom. The minimum absolute atomic E-state index is 0.124. The number of anilines is 1. The first-order valence-electron chi connectivity index (χ1n) is 7.57. The minimum atomic E-state index is -4.04. The molecule has 4 N–H and O–H groups in total.